The van der Waals surface area contributed by atoms with Gasteiger partial charge in [-0.05, 0) is 48.4 Å². The van der Waals surface area contributed by atoms with Gasteiger partial charge in [0, 0.05) is 17.2 Å². The third kappa shape index (κ3) is 6.22. The maximum atomic E-state index is 13.2. The number of aromatic nitrogens is 1. The zero-order valence-electron chi connectivity index (χ0n) is 16.2. The van der Waals surface area contributed by atoms with Crippen LogP contribution in [0.3, 0.4) is 0 Å². The van der Waals surface area contributed by atoms with Crippen molar-refractivity contribution in [3.8, 4) is 0 Å². The molecule has 6 nitrogen and oxygen atoms in total. The molecule has 0 aliphatic carbocycles. The lowest BCUT2D eigenvalue weighted by Crippen LogP contribution is -2.41. The van der Waals surface area contributed by atoms with Crippen molar-refractivity contribution in [1.82, 2.24) is 14.6 Å². The average Bonchev–Trinajstić information content (AvgIpc) is 2.77. The Morgan fingerprint density at radius 2 is 1.67 bits per heavy atom. The summed E-state index contributed by atoms with van der Waals surface area (Å²) in [5.74, 6) is -0.380. The number of carbonyl (C=O) groups is 1. The van der Waals surface area contributed by atoms with Crippen molar-refractivity contribution in [3.63, 3.8) is 0 Å². The lowest BCUT2D eigenvalue weighted by atomic mass is 10.1. The molecule has 0 spiro atoms. The summed E-state index contributed by atoms with van der Waals surface area (Å²) >= 11 is 3.32. The molecule has 156 valence electrons. The predicted octanol–water partition coefficient (Wildman–Crippen LogP) is 3.39. The van der Waals surface area contributed by atoms with Crippen LogP contribution in [-0.2, 0) is 27.8 Å². The van der Waals surface area contributed by atoms with Crippen molar-refractivity contribution < 1.29 is 13.2 Å². The first-order valence-electron chi connectivity index (χ1n) is 9.41. The van der Waals surface area contributed by atoms with Gasteiger partial charge in [-0.15, -0.1) is 0 Å². The lowest BCUT2D eigenvalue weighted by Gasteiger charge is -2.22. The highest BCUT2D eigenvalue weighted by molar-refractivity contribution is 9.10. The topological polar surface area (TPSA) is 79.4 Å². The second-order valence-electron chi connectivity index (χ2n) is 6.63. The van der Waals surface area contributed by atoms with Gasteiger partial charge in [0.05, 0.1) is 23.7 Å². The van der Waals surface area contributed by atoms with Crippen LogP contribution in [0.15, 0.2) is 88.4 Å². The predicted molar refractivity (Wildman–Crippen MR) is 119 cm³/mol. The van der Waals surface area contributed by atoms with Crippen molar-refractivity contribution in [2.45, 2.75) is 17.9 Å². The fraction of sp³-hybridized carbons (Fsp3) is 0.182. The van der Waals surface area contributed by atoms with E-state index in [0.29, 0.717) is 12.1 Å². The summed E-state index contributed by atoms with van der Waals surface area (Å²) in [4.78, 5) is 16.8. The number of rotatable bonds is 9. The van der Waals surface area contributed by atoms with Gasteiger partial charge in [-0.1, -0.05) is 52.3 Å². The van der Waals surface area contributed by atoms with E-state index in [2.05, 4.69) is 26.2 Å². The van der Waals surface area contributed by atoms with E-state index in [1.165, 1.54) is 16.4 Å². The number of sulfonamides is 1. The summed E-state index contributed by atoms with van der Waals surface area (Å²) in [6.07, 6.45) is 2.15. The molecule has 0 saturated heterocycles. The molecule has 1 aromatic heterocycles. The van der Waals surface area contributed by atoms with E-state index in [1.807, 2.05) is 36.4 Å². The minimum atomic E-state index is -3.83. The maximum Gasteiger partial charge on any atom is 0.243 e. The number of hydrogen-bond donors (Lipinski definition) is 1. The van der Waals surface area contributed by atoms with Gasteiger partial charge >= 0.3 is 0 Å². The zero-order chi connectivity index (χ0) is 21.4. The van der Waals surface area contributed by atoms with Crippen LogP contribution in [0.25, 0.3) is 0 Å². The quantitative estimate of drug-likeness (QED) is 0.501. The van der Waals surface area contributed by atoms with Gasteiger partial charge in [-0.2, -0.15) is 4.31 Å². The molecule has 0 aliphatic rings. The average molecular weight is 488 g/mol. The van der Waals surface area contributed by atoms with Gasteiger partial charge in [0.15, 0.2) is 0 Å². The Kier molecular flexibility index (Phi) is 7.73. The van der Waals surface area contributed by atoms with Gasteiger partial charge in [-0.3, -0.25) is 9.78 Å². The SMILES string of the molecule is O=C(CN(CCc1ccccc1)S(=O)(=O)c1ccc(Br)cc1)NCc1ccccn1. The zero-order valence-corrected chi connectivity index (χ0v) is 18.6. The molecule has 0 unspecified atom stereocenters. The summed E-state index contributed by atoms with van der Waals surface area (Å²) in [5.41, 5.74) is 1.71. The Morgan fingerprint density at radius 1 is 0.967 bits per heavy atom. The van der Waals surface area contributed by atoms with Crippen molar-refractivity contribution >= 4 is 31.9 Å². The van der Waals surface area contributed by atoms with Crippen molar-refractivity contribution in [1.29, 1.82) is 0 Å². The minimum Gasteiger partial charge on any atom is -0.349 e. The van der Waals surface area contributed by atoms with Crippen molar-refractivity contribution in [3.05, 3.63) is 94.7 Å². The van der Waals surface area contributed by atoms with E-state index in [4.69, 9.17) is 0 Å². The highest BCUT2D eigenvalue weighted by Crippen LogP contribution is 2.19. The molecule has 0 saturated carbocycles. The number of hydrogen-bond acceptors (Lipinski definition) is 4. The summed E-state index contributed by atoms with van der Waals surface area (Å²) in [6.45, 7) is 0.169. The number of benzene rings is 2. The Labute approximate surface area is 185 Å². The molecule has 8 heteroatoms. The standard InChI is InChI=1S/C22H22BrN3O3S/c23-19-9-11-21(12-10-19)30(28,29)26(15-13-18-6-2-1-3-7-18)17-22(27)25-16-20-8-4-5-14-24-20/h1-12,14H,13,15-17H2,(H,25,27). The number of amides is 1. The Morgan fingerprint density at radius 3 is 2.33 bits per heavy atom. The Hall–Kier alpha value is -2.55. The maximum absolute atomic E-state index is 13.2. The molecule has 3 aromatic rings. The van der Waals surface area contributed by atoms with Gasteiger partial charge in [0.2, 0.25) is 15.9 Å². The van der Waals surface area contributed by atoms with Crippen LogP contribution in [0, 0.1) is 0 Å². The molecule has 1 heterocycles. The normalized spacial score (nSPS) is 11.4. The van der Waals surface area contributed by atoms with Gasteiger partial charge in [0.1, 0.15) is 0 Å². The van der Waals surface area contributed by atoms with Gasteiger partial charge in [0.25, 0.3) is 0 Å². The molecule has 2 aromatic carbocycles. The molecule has 1 N–H and O–H groups in total. The molecule has 1 amide bonds. The van der Waals surface area contributed by atoms with Crippen LogP contribution in [0.2, 0.25) is 0 Å². The van der Waals surface area contributed by atoms with E-state index in [9.17, 15) is 13.2 Å². The number of halogens is 1. The molecular formula is C22H22BrN3O3S. The van der Waals surface area contributed by atoms with Crippen LogP contribution in [-0.4, -0.2) is 36.7 Å². The van der Waals surface area contributed by atoms with E-state index in [0.717, 1.165) is 10.0 Å². The first kappa shape index (κ1) is 22.1. The van der Waals surface area contributed by atoms with E-state index in [1.54, 1.807) is 30.5 Å². The second-order valence-corrected chi connectivity index (χ2v) is 9.48. The number of nitrogens with one attached hydrogen (secondary N) is 1. The molecule has 3 rings (SSSR count). The minimum absolute atomic E-state index is 0.149. The molecule has 0 atom stereocenters. The van der Waals surface area contributed by atoms with Gasteiger partial charge in [-0.25, -0.2) is 8.42 Å². The molecule has 0 bridgehead atoms. The van der Waals surface area contributed by atoms with Crippen LogP contribution in [0.4, 0.5) is 0 Å². The fourth-order valence-electron chi connectivity index (χ4n) is 2.85. The molecular weight excluding hydrogens is 466 g/mol. The fourth-order valence-corrected chi connectivity index (χ4v) is 4.51. The van der Waals surface area contributed by atoms with Crippen LogP contribution < -0.4 is 5.32 Å². The number of nitrogens with zero attached hydrogens (tertiary/aromatic N) is 2. The molecule has 0 fully saturated rings. The van der Waals surface area contributed by atoms with Crippen LogP contribution >= 0.6 is 15.9 Å². The van der Waals surface area contributed by atoms with Gasteiger partial charge < -0.3 is 5.32 Å². The molecule has 0 radical (unpaired) electrons. The first-order valence-corrected chi connectivity index (χ1v) is 11.6. The highest BCUT2D eigenvalue weighted by Gasteiger charge is 2.26. The highest BCUT2D eigenvalue weighted by atomic mass is 79.9. The van der Waals surface area contributed by atoms with Crippen molar-refractivity contribution in [2.75, 3.05) is 13.1 Å². The summed E-state index contributed by atoms with van der Waals surface area (Å²) in [5, 5.41) is 2.75. The van der Waals surface area contributed by atoms with Crippen LogP contribution in [0.1, 0.15) is 11.3 Å². The summed E-state index contributed by atoms with van der Waals surface area (Å²) in [7, 11) is -3.83. The van der Waals surface area contributed by atoms with E-state index < -0.39 is 10.0 Å². The van der Waals surface area contributed by atoms with Crippen LogP contribution in [0.5, 0.6) is 0 Å². The molecule has 30 heavy (non-hydrogen) atoms. The Balaban J connectivity index is 1.74. The monoisotopic (exact) mass is 487 g/mol. The molecule has 0 aliphatic heterocycles. The summed E-state index contributed by atoms with van der Waals surface area (Å²) in [6, 6.07) is 21.4. The summed E-state index contributed by atoms with van der Waals surface area (Å²) < 4.78 is 28.4. The lowest BCUT2D eigenvalue weighted by molar-refractivity contribution is -0.121. The van der Waals surface area contributed by atoms with Crippen molar-refractivity contribution in [2.24, 2.45) is 0 Å². The smallest absolute Gasteiger partial charge is 0.243 e. The van der Waals surface area contributed by atoms with E-state index >= 15 is 0 Å². The second kappa shape index (κ2) is 10.5. The third-order valence-electron chi connectivity index (χ3n) is 4.46. The number of pyridine rings is 1. The first-order chi connectivity index (χ1) is 14.4. The Bertz CT molecular complexity index is 1060. The number of carbonyl (C=O) groups excluding carboxylic acids is 1. The largest absolute Gasteiger partial charge is 0.349 e. The third-order valence-corrected chi connectivity index (χ3v) is 6.84. The van der Waals surface area contributed by atoms with E-state index in [-0.39, 0.29) is 30.4 Å².